The maximum absolute atomic E-state index is 14.8. The fourth-order valence-electron chi connectivity index (χ4n) is 3.29. The van der Waals surface area contributed by atoms with Crippen LogP contribution >= 0.6 is 11.6 Å². The Labute approximate surface area is 201 Å². The van der Waals surface area contributed by atoms with Gasteiger partial charge in [0.05, 0.1) is 5.02 Å². The van der Waals surface area contributed by atoms with Crippen molar-refractivity contribution in [3.8, 4) is 0 Å². The van der Waals surface area contributed by atoms with E-state index < -0.39 is 50.6 Å². The van der Waals surface area contributed by atoms with Crippen LogP contribution in [0.25, 0.3) is 0 Å². The van der Waals surface area contributed by atoms with E-state index in [0.717, 1.165) is 18.6 Å². The first kappa shape index (κ1) is 27.2. The number of nitrogens with zero attached hydrogens (tertiary/aromatic N) is 2. The first-order valence-corrected chi connectivity index (χ1v) is 11.8. The van der Waals surface area contributed by atoms with Gasteiger partial charge in [0.25, 0.3) is 15.9 Å². The summed E-state index contributed by atoms with van der Waals surface area (Å²) in [5.41, 5.74) is 1.20. The van der Waals surface area contributed by atoms with Crippen LogP contribution in [-0.2, 0) is 19.6 Å². The van der Waals surface area contributed by atoms with E-state index >= 15 is 0 Å². The molecule has 34 heavy (non-hydrogen) atoms. The number of rotatable bonds is 7. The Morgan fingerprint density at radius 2 is 1.88 bits per heavy atom. The largest absolute Gasteiger partial charge is 0.408 e. The molecular weight excluding hydrogens is 489 g/mol. The molecule has 0 spiro atoms. The molecule has 0 fully saturated rings. The van der Waals surface area contributed by atoms with Gasteiger partial charge in [-0.15, -0.1) is 5.10 Å². The number of carbonyl (C=O) groups is 2. The number of pyridine rings is 1. The van der Waals surface area contributed by atoms with Crippen LogP contribution in [0.5, 0.6) is 0 Å². The zero-order chi connectivity index (χ0) is 25.8. The highest BCUT2D eigenvalue weighted by atomic mass is 35.5. The number of hydrogen-bond acceptors (Lipinski definition) is 8. The molecular formula is C21H25ClFN5O5S. The highest BCUT2D eigenvalue weighted by Crippen LogP contribution is 2.29. The average Bonchev–Trinajstić information content (AvgIpc) is 2.78. The normalized spacial score (nSPS) is 13.8. The predicted octanol–water partition coefficient (Wildman–Crippen LogP) is 2.14. The van der Waals surface area contributed by atoms with Gasteiger partial charge < -0.3 is 15.9 Å². The van der Waals surface area contributed by atoms with Gasteiger partial charge in [0.2, 0.25) is 5.90 Å². The van der Waals surface area contributed by atoms with E-state index in [1.165, 1.54) is 26.1 Å². The van der Waals surface area contributed by atoms with Gasteiger partial charge in [-0.2, -0.15) is 4.72 Å². The van der Waals surface area contributed by atoms with E-state index in [1.54, 1.807) is 19.9 Å². The van der Waals surface area contributed by atoms with E-state index in [2.05, 4.69) is 20.1 Å². The van der Waals surface area contributed by atoms with Crippen molar-refractivity contribution >= 4 is 39.4 Å². The molecule has 2 atom stereocenters. The third-order valence-electron chi connectivity index (χ3n) is 5.15. The van der Waals surface area contributed by atoms with Crippen LogP contribution < -0.4 is 15.9 Å². The lowest BCUT2D eigenvalue weighted by atomic mass is 9.88. The number of aryl methyl sites for hydroxylation is 1. The smallest absolute Gasteiger partial charge is 0.309 e. The molecule has 0 radical (unpaired) electrons. The Morgan fingerprint density at radius 1 is 1.24 bits per heavy atom. The Balaban J connectivity index is 2.62. The van der Waals surface area contributed by atoms with Crippen LogP contribution in [0.3, 0.4) is 0 Å². The van der Waals surface area contributed by atoms with Crippen molar-refractivity contribution in [1.82, 2.24) is 15.0 Å². The quantitative estimate of drug-likeness (QED) is 0.168. The van der Waals surface area contributed by atoms with Gasteiger partial charge in [-0.05, 0) is 48.7 Å². The second-order valence-electron chi connectivity index (χ2n) is 7.41. The van der Waals surface area contributed by atoms with Crippen LogP contribution in [0.4, 0.5) is 4.39 Å². The standard InChI is InChI=1S/C21H25ClFN5O5S/c1-10-6-8-15(23)17(11(10)2)12(3)18(21(27-24)33-13(4)29)28-34(31,32)16-9-7-14(22)19(26-16)20(30)25-5/h6-9,12,18,28H,24H2,1-5H3,(H,25,30)/b27-21-/t12-,18+/m1/s1. The molecule has 1 aromatic carbocycles. The van der Waals surface area contributed by atoms with Gasteiger partial charge in [-0.3, -0.25) is 9.59 Å². The number of hydrazone groups is 1. The zero-order valence-corrected chi connectivity index (χ0v) is 20.7. The molecule has 4 N–H and O–H groups in total. The molecule has 13 heteroatoms. The molecule has 0 aliphatic heterocycles. The Morgan fingerprint density at radius 3 is 2.44 bits per heavy atom. The van der Waals surface area contributed by atoms with E-state index in [0.29, 0.717) is 5.56 Å². The molecule has 10 nitrogen and oxygen atoms in total. The summed E-state index contributed by atoms with van der Waals surface area (Å²) in [6, 6.07) is 3.71. The van der Waals surface area contributed by atoms with Gasteiger partial charge in [0.15, 0.2) is 5.03 Å². The van der Waals surface area contributed by atoms with Crippen molar-refractivity contribution in [3.63, 3.8) is 0 Å². The van der Waals surface area contributed by atoms with Crippen molar-refractivity contribution in [2.24, 2.45) is 10.9 Å². The molecule has 0 unspecified atom stereocenters. The van der Waals surface area contributed by atoms with Crippen molar-refractivity contribution in [3.05, 3.63) is 57.5 Å². The number of ether oxygens (including phenoxy) is 1. The lowest BCUT2D eigenvalue weighted by Crippen LogP contribution is -2.46. The minimum Gasteiger partial charge on any atom is -0.408 e. The highest BCUT2D eigenvalue weighted by Gasteiger charge is 2.35. The molecule has 0 saturated carbocycles. The fourth-order valence-corrected chi connectivity index (χ4v) is 4.70. The molecule has 1 amide bonds. The third-order valence-corrected chi connectivity index (χ3v) is 6.80. The van der Waals surface area contributed by atoms with Crippen molar-refractivity contribution in [2.75, 3.05) is 7.05 Å². The van der Waals surface area contributed by atoms with Gasteiger partial charge in [0.1, 0.15) is 17.6 Å². The van der Waals surface area contributed by atoms with Crippen LogP contribution in [0, 0.1) is 19.7 Å². The summed E-state index contributed by atoms with van der Waals surface area (Å²) in [6.07, 6.45) is 0. The Hall–Kier alpha value is -3.09. The van der Waals surface area contributed by atoms with E-state index in [-0.39, 0.29) is 16.3 Å². The second kappa shape index (κ2) is 10.9. The number of nitrogens with two attached hydrogens (primary N) is 1. The Bertz CT molecular complexity index is 1250. The topological polar surface area (TPSA) is 153 Å². The summed E-state index contributed by atoms with van der Waals surface area (Å²) in [6.45, 7) is 6.05. The number of halogens is 2. The molecule has 0 bridgehead atoms. The monoisotopic (exact) mass is 513 g/mol. The molecule has 184 valence electrons. The number of hydrogen-bond donors (Lipinski definition) is 3. The summed E-state index contributed by atoms with van der Waals surface area (Å²) >= 11 is 5.96. The molecule has 0 aliphatic carbocycles. The first-order chi connectivity index (χ1) is 15.8. The summed E-state index contributed by atoms with van der Waals surface area (Å²) in [5, 5.41) is 5.13. The van der Waals surface area contributed by atoms with Crippen molar-refractivity contribution in [2.45, 2.75) is 44.7 Å². The van der Waals surface area contributed by atoms with Crippen molar-refractivity contribution < 1.29 is 27.1 Å². The summed E-state index contributed by atoms with van der Waals surface area (Å²) in [7, 11) is -3.14. The zero-order valence-electron chi connectivity index (χ0n) is 19.1. The molecule has 1 heterocycles. The number of benzene rings is 1. The molecule has 0 saturated heterocycles. The summed E-state index contributed by atoms with van der Waals surface area (Å²) in [5.74, 6) is 1.88. The summed E-state index contributed by atoms with van der Waals surface area (Å²) < 4.78 is 48.6. The number of nitrogens with one attached hydrogen (secondary N) is 2. The van der Waals surface area contributed by atoms with Gasteiger partial charge >= 0.3 is 5.97 Å². The SMILES string of the molecule is CNC(=O)c1nc(S(=O)(=O)N[C@H](/C(=N/N)OC(C)=O)[C@H](C)c2c(F)ccc(C)c2C)ccc1Cl. The molecule has 2 rings (SSSR count). The fraction of sp³-hybridized carbons (Fsp3) is 0.333. The van der Waals surface area contributed by atoms with E-state index in [9.17, 15) is 22.4 Å². The lowest BCUT2D eigenvalue weighted by molar-refractivity contribution is -0.133. The number of esters is 1. The molecule has 1 aromatic heterocycles. The van der Waals surface area contributed by atoms with Gasteiger partial charge in [0, 0.05) is 19.9 Å². The lowest BCUT2D eigenvalue weighted by Gasteiger charge is -2.27. The minimum absolute atomic E-state index is 0.0650. The maximum atomic E-state index is 14.8. The average molecular weight is 514 g/mol. The highest BCUT2D eigenvalue weighted by molar-refractivity contribution is 7.89. The van der Waals surface area contributed by atoms with Gasteiger partial charge in [-0.1, -0.05) is 24.6 Å². The molecule has 0 aliphatic rings. The third kappa shape index (κ3) is 5.88. The van der Waals surface area contributed by atoms with E-state index in [1.807, 2.05) is 0 Å². The van der Waals surface area contributed by atoms with Crippen LogP contribution in [0.1, 0.15) is 46.9 Å². The first-order valence-electron chi connectivity index (χ1n) is 9.96. The minimum atomic E-state index is -4.47. The predicted molar refractivity (Wildman–Crippen MR) is 124 cm³/mol. The molecule has 2 aromatic rings. The van der Waals surface area contributed by atoms with Gasteiger partial charge in [-0.25, -0.2) is 17.8 Å². The second-order valence-corrected chi connectivity index (χ2v) is 9.48. The maximum Gasteiger partial charge on any atom is 0.309 e. The number of sulfonamides is 1. The number of carbonyl (C=O) groups excluding carboxylic acids is 2. The number of amides is 1. The Kier molecular flexibility index (Phi) is 8.70. The summed E-state index contributed by atoms with van der Waals surface area (Å²) in [4.78, 5) is 27.5. The van der Waals surface area contributed by atoms with E-state index in [4.69, 9.17) is 22.2 Å². The van der Waals surface area contributed by atoms with Crippen LogP contribution in [0.2, 0.25) is 5.02 Å². The van der Waals surface area contributed by atoms with Crippen molar-refractivity contribution in [1.29, 1.82) is 0 Å². The number of aromatic nitrogens is 1. The van der Waals surface area contributed by atoms with Crippen LogP contribution in [-0.4, -0.2) is 44.3 Å². The van der Waals surface area contributed by atoms with Crippen LogP contribution in [0.15, 0.2) is 34.4 Å².